The minimum absolute atomic E-state index is 0.244. The number of guanidine groups is 1. The highest BCUT2D eigenvalue weighted by Crippen LogP contribution is 2.20. The molecule has 2 fully saturated rings. The van der Waals surface area contributed by atoms with Crippen molar-refractivity contribution < 1.29 is 0 Å². The number of nitrogens with zero attached hydrogens (tertiary/aromatic N) is 2. The van der Waals surface area contributed by atoms with Crippen LogP contribution in [0.3, 0.4) is 0 Å². The summed E-state index contributed by atoms with van der Waals surface area (Å²) in [4.78, 5) is 4.55. The van der Waals surface area contributed by atoms with Crippen LogP contribution in [0, 0.1) is 5.41 Å². The molecule has 0 aromatic heterocycles. The molecule has 0 aromatic rings. The molecule has 4 heteroatoms. The largest absolute Gasteiger partial charge is 0.370 e. The van der Waals surface area contributed by atoms with Gasteiger partial charge in [0.05, 0.1) is 0 Å². The zero-order chi connectivity index (χ0) is 9.26. The van der Waals surface area contributed by atoms with E-state index in [9.17, 15) is 0 Å². The SMILES string of the molecule is N=C(N)N1CCCN2CCCC2C1. The number of hydrogen-bond donors (Lipinski definition) is 2. The van der Waals surface area contributed by atoms with Crippen molar-refractivity contribution in [1.82, 2.24) is 9.80 Å². The Morgan fingerprint density at radius 3 is 2.77 bits per heavy atom. The van der Waals surface area contributed by atoms with E-state index >= 15 is 0 Å². The molecule has 2 heterocycles. The fourth-order valence-electron chi connectivity index (χ4n) is 2.43. The van der Waals surface area contributed by atoms with E-state index in [1.165, 1.54) is 25.9 Å². The Labute approximate surface area is 79.2 Å². The molecule has 3 N–H and O–H groups in total. The number of rotatable bonds is 0. The number of fused-ring (bicyclic) bond motifs is 1. The van der Waals surface area contributed by atoms with Crippen LogP contribution in [-0.2, 0) is 0 Å². The van der Waals surface area contributed by atoms with E-state index in [1.807, 2.05) is 4.90 Å². The maximum atomic E-state index is 7.42. The van der Waals surface area contributed by atoms with Gasteiger partial charge in [0.15, 0.2) is 5.96 Å². The molecule has 0 aromatic carbocycles. The van der Waals surface area contributed by atoms with Crippen molar-refractivity contribution in [2.24, 2.45) is 5.73 Å². The van der Waals surface area contributed by atoms with Crippen LogP contribution in [0.4, 0.5) is 0 Å². The van der Waals surface area contributed by atoms with Crippen molar-refractivity contribution in [3.05, 3.63) is 0 Å². The van der Waals surface area contributed by atoms with E-state index in [4.69, 9.17) is 11.1 Å². The lowest BCUT2D eigenvalue weighted by Gasteiger charge is -2.25. The first-order valence-corrected chi connectivity index (χ1v) is 5.10. The number of nitrogens with two attached hydrogens (primary N) is 1. The van der Waals surface area contributed by atoms with Crippen molar-refractivity contribution in [1.29, 1.82) is 5.41 Å². The van der Waals surface area contributed by atoms with Crippen LogP contribution >= 0.6 is 0 Å². The van der Waals surface area contributed by atoms with E-state index in [2.05, 4.69) is 4.90 Å². The molecule has 2 aliphatic rings. The number of hydrogen-bond acceptors (Lipinski definition) is 2. The molecule has 4 nitrogen and oxygen atoms in total. The summed E-state index contributed by atoms with van der Waals surface area (Å²) < 4.78 is 0. The van der Waals surface area contributed by atoms with Crippen LogP contribution < -0.4 is 5.73 Å². The third kappa shape index (κ3) is 1.77. The third-order valence-electron chi connectivity index (χ3n) is 3.14. The number of nitrogens with one attached hydrogen (secondary N) is 1. The van der Waals surface area contributed by atoms with Crippen LogP contribution in [0.1, 0.15) is 19.3 Å². The van der Waals surface area contributed by atoms with E-state index in [0.717, 1.165) is 19.5 Å². The van der Waals surface area contributed by atoms with Gasteiger partial charge in [0.25, 0.3) is 0 Å². The molecule has 1 unspecified atom stereocenters. The molecule has 0 spiro atoms. The second kappa shape index (κ2) is 3.54. The van der Waals surface area contributed by atoms with Gasteiger partial charge in [-0.3, -0.25) is 10.3 Å². The third-order valence-corrected chi connectivity index (χ3v) is 3.14. The average Bonchev–Trinajstić information content (AvgIpc) is 2.42. The maximum absolute atomic E-state index is 7.42. The van der Waals surface area contributed by atoms with Crippen LogP contribution in [0.2, 0.25) is 0 Å². The average molecular weight is 182 g/mol. The van der Waals surface area contributed by atoms with Crippen LogP contribution in [-0.4, -0.2) is 48.0 Å². The Morgan fingerprint density at radius 2 is 2.00 bits per heavy atom. The van der Waals surface area contributed by atoms with Gasteiger partial charge in [-0.05, 0) is 25.8 Å². The van der Waals surface area contributed by atoms with Crippen molar-refractivity contribution >= 4 is 5.96 Å². The van der Waals surface area contributed by atoms with E-state index in [0.29, 0.717) is 6.04 Å². The molecule has 2 rings (SSSR count). The van der Waals surface area contributed by atoms with Crippen LogP contribution in [0.5, 0.6) is 0 Å². The first-order valence-electron chi connectivity index (χ1n) is 5.10. The fraction of sp³-hybridized carbons (Fsp3) is 0.889. The highest BCUT2D eigenvalue weighted by molar-refractivity contribution is 5.74. The molecule has 1 atom stereocenters. The Kier molecular flexibility index (Phi) is 2.40. The lowest BCUT2D eigenvalue weighted by molar-refractivity contribution is 0.255. The first kappa shape index (κ1) is 8.81. The van der Waals surface area contributed by atoms with Gasteiger partial charge in [-0.25, -0.2) is 0 Å². The molecule has 74 valence electrons. The van der Waals surface area contributed by atoms with E-state index in [-0.39, 0.29) is 5.96 Å². The zero-order valence-corrected chi connectivity index (χ0v) is 8.00. The maximum Gasteiger partial charge on any atom is 0.188 e. The quantitative estimate of drug-likeness (QED) is 0.411. The lowest BCUT2D eigenvalue weighted by Crippen LogP contribution is -2.42. The predicted molar refractivity (Wildman–Crippen MR) is 52.7 cm³/mol. The van der Waals surface area contributed by atoms with Gasteiger partial charge in [-0.1, -0.05) is 0 Å². The standard InChI is InChI=1S/C9H18N4/c10-9(11)13-6-2-5-12-4-1-3-8(12)7-13/h8H,1-7H2,(H3,10,11). The summed E-state index contributed by atoms with van der Waals surface area (Å²) >= 11 is 0. The molecule has 0 aliphatic carbocycles. The summed E-state index contributed by atoms with van der Waals surface area (Å²) in [6.45, 7) is 4.36. The summed E-state index contributed by atoms with van der Waals surface area (Å²) in [7, 11) is 0. The second-order valence-electron chi connectivity index (χ2n) is 4.02. The summed E-state index contributed by atoms with van der Waals surface area (Å²) in [6, 6.07) is 0.659. The first-order chi connectivity index (χ1) is 6.27. The fourth-order valence-corrected chi connectivity index (χ4v) is 2.43. The van der Waals surface area contributed by atoms with Crippen molar-refractivity contribution in [3.8, 4) is 0 Å². The summed E-state index contributed by atoms with van der Waals surface area (Å²) in [5, 5.41) is 7.42. The minimum atomic E-state index is 0.244. The van der Waals surface area contributed by atoms with Crippen molar-refractivity contribution in [3.63, 3.8) is 0 Å². The van der Waals surface area contributed by atoms with Gasteiger partial charge in [-0.2, -0.15) is 0 Å². The highest BCUT2D eigenvalue weighted by Gasteiger charge is 2.28. The Bertz CT molecular complexity index is 204. The highest BCUT2D eigenvalue weighted by atomic mass is 15.3. The van der Waals surface area contributed by atoms with Gasteiger partial charge in [0.2, 0.25) is 0 Å². The molecular weight excluding hydrogens is 164 g/mol. The minimum Gasteiger partial charge on any atom is -0.370 e. The molecule has 0 amide bonds. The summed E-state index contributed by atoms with van der Waals surface area (Å²) in [6.07, 6.45) is 3.75. The Balaban J connectivity index is 2.00. The van der Waals surface area contributed by atoms with Gasteiger partial charge in [-0.15, -0.1) is 0 Å². The van der Waals surface area contributed by atoms with Gasteiger partial charge in [0.1, 0.15) is 0 Å². The van der Waals surface area contributed by atoms with Gasteiger partial charge in [0, 0.05) is 25.7 Å². The molecule has 2 saturated heterocycles. The summed E-state index contributed by atoms with van der Waals surface area (Å²) in [5.41, 5.74) is 5.51. The van der Waals surface area contributed by atoms with Crippen LogP contribution in [0.25, 0.3) is 0 Å². The Morgan fingerprint density at radius 1 is 1.23 bits per heavy atom. The zero-order valence-electron chi connectivity index (χ0n) is 8.00. The normalized spacial score (nSPS) is 29.8. The van der Waals surface area contributed by atoms with Crippen LogP contribution in [0.15, 0.2) is 0 Å². The molecule has 13 heavy (non-hydrogen) atoms. The van der Waals surface area contributed by atoms with Crippen molar-refractivity contribution in [2.45, 2.75) is 25.3 Å². The van der Waals surface area contributed by atoms with Crippen molar-refractivity contribution in [2.75, 3.05) is 26.2 Å². The van der Waals surface area contributed by atoms with E-state index < -0.39 is 0 Å². The second-order valence-corrected chi connectivity index (χ2v) is 4.02. The Hall–Kier alpha value is -0.770. The monoisotopic (exact) mass is 182 g/mol. The molecular formula is C9H18N4. The molecule has 2 aliphatic heterocycles. The predicted octanol–water partition coefficient (Wildman–Crippen LogP) is 0.0500. The molecule has 0 saturated carbocycles. The molecule has 0 bridgehead atoms. The summed E-state index contributed by atoms with van der Waals surface area (Å²) in [5.74, 6) is 0.244. The van der Waals surface area contributed by atoms with Gasteiger partial charge >= 0.3 is 0 Å². The smallest absolute Gasteiger partial charge is 0.188 e. The van der Waals surface area contributed by atoms with E-state index in [1.54, 1.807) is 0 Å². The van der Waals surface area contributed by atoms with Gasteiger partial charge < -0.3 is 10.6 Å². The molecule has 0 radical (unpaired) electrons. The lowest BCUT2D eigenvalue weighted by atomic mass is 10.2. The topological polar surface area (TPSA) is 56.4 Å².